The van der Waals surface area contributed by atoms with Crippen LogP contribution in [0.2, 0.25) is 0 Å². The van der Waals surface area contributed by atoms with Crippen LogP contribution in [-0.4, -0.2) is 9.97 Å². The van der Waals surface area contributed by atoms with E-state index >= 15 is 0 Å². The summed E-state index contributed by atoms with van der Waals surface area (Å²) in [6, 6.07) is 68.2. The van der Waals surface area contributed by atoms with Gasteiger partial charge in [0.2, 0.25) is 0 Å². The van der Waals surface area contributed by atoms with Gasteiger partial charge in [0.1, 0.15) is 22.7 Å². The highest BCUT2D eigenvalue weighted by atomic mass is 16.5. The average molecular weight is 729 g/mol. The molecular weight excluding hydrogens is 697 g/mol. The zero-order chi connectivity index (χ0) is 37.5. The Morgan fingerprint density at radius 1 is 0.368 bits per heavy atom. The quantitative estimate of drug-likeness (QED) is 0.181. The van der Waals surface area contributed by atoms with Crippen LogP contribution in [-0.2, 0) is 5.41 Å². The first-order chi connectivity index (χ1) is 28.2. The van der Waals surface area contributed by atoms with E-state index < -0.39 is 5.41 Å². The van der Waals surface area contributed by atoms with Gasteiger partial charge in [-0.2, -0.15) is 0 Å². The molecule has 0 bridgehead atoms. The maximum Gasteiger partial charge on any atom is 0.160 e. The molecule has 3 heterocycles. The lowest BCUT2D eigenvalue weighted by molar-refractivity contribution is 0.436. The molecule has 4 heteroatoms. The van der Waals surface area contributed by atoms with Crippen LogP contribution in [0.4, 0.5) is 0 Å². The van der Waals surface area contributed by atoms with Crippen molar-refractivity contribution in [2.45, 2.75) is 5.41 Å². The van der Waals surface area contributed by atoms with Crippen LogP contribution >= 0.6 is 0 Å². The van der Waals surface area contributed by atoms with Crippen LogP contribution in [0.1, 0.15) is 22.3 Å². The maximum absolute atomic E-state index is 6.72. The Morgan fingerprint density at radius 2 is 0.947 bits per heavy atom. The zero-order valence-electron chi connectivity index (χ0n) is 30.7. The molecule has 8 aromatic carbocycles. The molecule has 57 heavy (non-hydrogen) atoms. The summed E-state index contributed by atoms with van der Waals surface area (Å²) < 4.78 is 13.1. The summed E-state index contributed by atoms with van der Waals surface area (Å²) in [6.45, 7) is 0. The Labute approximate surface area is 329 Å². The van der Waals surface area contributed by atoms with Crippen LogP contribution in [0, 0.1) is 0 Å². The molecule has 0 atom stereocenters. The van der Waals surface area contributed by atoms with Gasteiger partial charge in [-0.1, -0.05) is 158 Å². The van der Waals surface area contributed by atoms with Crippen LogP contribution in [0.3, 0.4) is 0 Å². The van der Waals surface area contributed by atoms with Gasteiger partial charge in [-0.05, 0) is 64.2 Å². The highest BCUT2D eigenvalue weighted by Crippen LogP contribution is 2.62. The number of rotatable bonds is 4. The van der Waals surface area contributed by atoms with E-state index in [4.69, 9.17) is 19.1 Å². The molecule has 10 aromatic rings. The molecular formula is C53H32N2O2. The van der Waals surface area contributed by atoms with Crippen molar-refractivity contribution in [1.29, 1.82) is 0 Å². The molecule has 0 saturated heterocycles. The van der Waals surface area contributed by atoms with Gasteiger partial charge in [-0.3, -0.25) is 0 Å². The first kappa shape index (κ1) is 31.8. The minimum atomic E-state index is -0.565. The summed E-state index contributed by atoms with van der Waals surface area (Å²) in [5.41, 5.74) is 15.2. The lowest BCUT2D eigenvalue weighted by Gasteiger charge is -2.39. The van der Waals surface area contributed by atoms with Gasteiger partial charge in [0, 0.05) is 44.2 Å². The van der Waals surface area contributed by atoms with Crippen LogP contribution < -0.4 is 4.74 Å². The summed E-state index contributed by atoms with van der Waals surface area (Å²) in [5, 5.41) is 2.24. The second-order valence-electron chi connectivity index (χ2n) is 14.8. The molecule has 0 N–H and O–H groups in total. The van der Waals surface area contributed by atoms with E-state index in [1.165, 1.54) is 22.3 Å². The van der Waals surface area contributed by atoms with Crippen LogP contribution in [0.15, 0.2) is 199 Å². The molecule has 1 aliphatic carbocycles. The number of fused-ring (bicyclic) bond motifs is 12. The molecule has 0 radical (unpaired) electrons. The monoisotopic (exact) mass is 728 g/mol. The van der Waals surface area contributed by atoms with Crippen LogP contribution in [0.25, 0.3) is 78.1 Å². The zero-order valence-corrected chi connectivity index (χ0v) is 30.7. The third kappa shape index (κ3) is 4.68. The number of benzene rings is 8. The molecule has 0 saturated carbocycles. The second kappa shape index (κ2) is 12.2. The first-order valence-corrected chi connectivity index (χ1v) is 19.3. The first-order valence-electron chi connectivity index (χ1n) is 19.3. The highest BCUT2D eigenvalue weighted by Gasteiger charge is 2.51. The van der Waals surface area contributed by atoms with Gasteiger partial charge in [0.15, 0.2) is 5.82 Å². The van der Waals surface area contributed by atoms with E-state index in [1.54, 1.807) is 0 Å². The SMILES string of the molecule is c1ccc(-c2nc(-c3ccc(-c4cccc5c4oc4ccccc45)cc3)cc(-c3ccc4c(c3)C3(c5ccccc5O4)c4ccccc4-c4ccccc43)n2)cc1. The Hall–Kier alpha value is -7.56. The predicted octanol–water partition coefficient (Wildman–Crippen LogP) is 13.5. The van der Waals surface area contributed by atoms with Gasteiger partial charge in [0.25, 0.3) is 0 Å². The summed E-state index contributed by atoms with van der Waals surface area (Å²) >= 11 is 0. The van der Waals surface area contributed by atoms with Crippen molar-refractivity contribution in [1.82, 2.24) is 9.97 Å². The summed E-state index contributed by atoms with van der Waals surface area (Å²) in [4.78, 5) is 10.4. The van der Waals surface area contributed by atoms with E-state index in [0.29, 0.717) is 5.82 Å². The van der Waals surface area contributed by atoms with E-state index in [2.05, 4.69) is 164 Å². The van der Waals surface area contributed by atoms with Crippen molar-refractivity contribution >= 4 is 21.9 Å². The molecule has 266 valence electrons. The number of hydrogen-bond acceptors (Lipinski definition) is 4. The van der Waals surface area contributed by atoms with Crippen molar-refractivity contribution in [3.8, 4) is 67.7 Å². The standard InChI is InChI=1S/C53H32N2O2/c1-2-13-35(14-3-1)52-54-46(34-27-25-33(26-28-34)37-18-12-19-41-40-17-6-10-23-48(40)57-51(37)41)32-47(55-52)36-29-30-50-45(31-36)53(44-22-9-11-24-49(44)56-50)42-20-7-4-15-38(42)39-16-5-8-21-43(39)53/h1-32H. The molecule has 1 spiro atoms. The molecule has 0 amide bonds. The molecule has 12 rings (SSSR count). The lowest BCUT2D eigenvalue weighted by atomic mass is 9.66. The number of furan rings is 1. The van der Waals surface area contributed by atoms with E-state index in [-0.39, 0.29) is 0 Å². The number of hydrogen-bond donors (Lipinski definition) is 0. The summed E-state index contributed by atoms with van der Waals surface area (Å²) in [7, 11) is 0. The number of aromatic nitrogens is 2. The smallest absolute Gasteiger partial charge is 0.160 e. The number of para-hydroxylation sites is 3. The molecule has 2 aromatic heterocycles. The fraction of sp³-hybridized carbons (Fsp3) is 0.0189. The Kier molecular flexibility index (Phi) is 6.81. The van der Waals surface area contributed by atoms with E-state index in [1.807, 2.05) is 30.3 Å². The van der Waals surface area contributed by atoms with Gasteiger partial charge in [-0.15, -0.1) is 0 Å². The van der Waals surface area contributed by atoms with Crippen molar-refractivity contribution in [3.05, 3.63) is 216 Å². The maximum atomic E-state index is 6.72. The average Bonchev–Trinajstić information content (AvgIpc) is 3.81. The normalized spacial score (nSPS) is 13.2. The van der Waals surface area contributed by atoms with Crippen molar-refractivity contribution in [3.63, 3.8) is 0 Å². The van der Waals surface area contributed by atoms with Crippen LogP contribution in [0.5, 0.6) is 11.5 Å². The minimum Gasteiger partial charge on any atom is -0.457 e. The van der Waals surface area contributed by atoms with Crippen molar-refractivity contribution in [2.75, 3.05) is 0 Å². The topological polar surface area (TPSA) is 48.2 Å². The third-order valence-electron chi connectivity index (χ3n) is 11.8. The molecule has 0 unspecified atom stereocenters. The second-order valence-corrected chi connectivity index (χ2v) is 14.8. The Morgan fingerprint density at radius 3 is 1.74 bits per heavy atom. The lowest BCUT2D eigenvalue weighted by Crippen LogP contribution is -2.32. The summed E-state index contributed by atoms with van der Waals surface area (Å²) in [5.74, 6) is 2.39. The number of ether oxygens (including phenoxy) is 1. The molecule has 4 nitrogen and oxygen atoms in total. The minimum absolute atomic E-state index is 0.565. The van der Waals surface area contributed by atoms with Gasteiger partial charge < -0.3 is 9.15 Å². The molecule has 2 aliphatic rings. The fourth-order valence-corrected chi connectivity index (χ4v) is 9.27. The van der Waals surface area contributed by atoms with E-state index in [9.17, 15) is 0 Å². The highest BCUT2D eigenvalue weighted by molar-refractivity contribution is 6.09. The largest absolute Gasteiger partial charge is 0.457 e. The fourth-order valence-electron chi connectivity index (χ4n) is 9.27. The summed E-state index contributed by atoms with van der Waals surface area (Å²) in [6.07, 6.45) is 0. The van der Waals surface area contributed by atoms with E-state index in [0.717, 1.165) is 83.8 Å². The van der Waals surface area contributed by atoms with Gasteiger partial charge in [-0.25, -0.2) is 9.97 Å². The predicted molar refractivity (Wildman–Crippen MR) is 228 cm³/mol. The van der Waals surface area contributed by atoms with Crippen molar-refractivity contribution < 1.29 is 9.15 Å². The van der Waals surface area contributed by atoms with Gasteiger partial charge in [0.05, 0.1) is 16.8 Å². The molecule has 1 aliphatic heterocycles. The Balaban J connectivity index is 1.03. The molecule has 0 fully saturated rings. The Bertz CT molecular complexity index is 3170. The third-order valence-corrected chi connectivity index (χ3v) is 11.8. The number of nitrogens with zero attached hydrogens (tertiary/aromatic N) is 2. The van der Waals surface area contributed by atoms with Crippen molar-refractivity contribution in [2.24, 2.45) is 0 Å². The van der Waals surface area contributed by atoms with Gasteiger partial charge >= 0.3 is 0 Å².